The maximum absolute atomic E-state index is 11.9. The molecule has 0 unspecified atom stereocenters. The van der Waals surface area contributed by atoms with Gasteiger partial charge in [-0.3, -0.25) is 9.59 Å². The quantitative estimate of drug-likeness (QED) is 0.400. The molecule has 0 aromatic heterocycles. The number of carbonyl (C=O) groups excluding carboxylic acids is 3. The Morgan fingerprint density at radius 3 is 2.26 bits per heavy atom. The van der Waals surface area contributed by atoms with E-state index in [2.05, 4.69) is 0 Å². The van der Waals surface area contributed by atoms with Crippen LogP contribution in [0.25, 0.3) is 0 Å². The van der Waals surface area contributed by atoms with E-state index in [4.69, 9.17) is 30.5 Å². The highest BCUT2D eigenvalue weighted by Gasteiger charge is 2.48. The van der Waals surface area contributed by atoms with E-state index in [0.717, 1.165) is 16.9 Å². The van der Waals surface area contributed by atoms with E-state index >= 15 is 0 Å². The number of hydrogen-bond acceptors (Lipinski definition) is 7. The molecule has 34 heavy (non-hydrogen) atoms. The SMILES string of the molecule is CCOc1ccc(Cc2cc([C@@H]3O[C@H](C=O)[C@@H](C)[C@H](OC(C)=O)[C@H]3OC(C)=O)ccc2Cl)cc1. The van der Waals surface area contributed by atoms with Crippen LogP contribution in [0, 0.1) is 5.92 Å². The first-order chi connectivity index (χ1) is 16.2. The van der Waals surface area contributed by atoms with Crippen molar-refractivity contribution < 1.29 is 33.3 Å². The number of halogens is 1. The van der Waals surface area contributed by atoms with Gasteiger partial charge in [0.25, 0.3) is 0 Å². The molecular weight excluding hydrogens is 460 g/mol. The minimum atomic E-state index is -0.924. The van der Waals surface area contributed by atoms with Crippen LogP contribution in [0.5, 0.6) is 5.75 Å². The molecular formula is C26H29ClO7. The molecule has 1 saturated heterocycles. The molecule has 0 saturated carbocycles. The zero-order valence-electron chi connectivity index (χ0n) is 19.7. The summed E-state index contributed by atoms with van der Waals surface area (Å²) in [5, 5.41) is 0.564. The van der Waals surface area contributed by atoms with Crippen LogP contribution in [0.15, 0.2) is 42.5 Å². The average Bonchev–Trinajstić information content (AvgIpc) is 2.79. The van der Waals surface area contributed by atoms with Crippen molar-refractivity contribution >= 4 is 29.8 Å². The smallest absolute Gasteiger partial charge is 0.303 e. The van der Waals surface area contributed by atoms with Crippen LogP contribution in [0.4, 0.5) is 0 Å². The Hall–Kier alpha value is -2.90. The van der Waals surface area contributed by atoms with E-state index in [1.54, 1.807) is 19.1 Å². The molecule has 5 atom stereocenters. The molecule has 0 radical (unpaired) electrons. The van der Waals surface area contributed by atoms with Gasteiger partial charge in [0.2, 0.25) is 0 Å². The number of esters is 2. The first kappa shape index (κ1) is 25.7. The van der Waals surface area contributed by atoms with Gasteiger partial charge < -0.3 is 23.7 Å². The van der Waals surface area contributed by atoms with Crippen molar-refractivity contribution in [3.05, 3.63) is 64.2 Å². The van der Waals surface area contributed by atoms with Gasteiger partial charge in [0.15, 0.2) is 6.10 Å². The summed E-state index contributed by atoms with van der Waals surface area (Å²) in [5.41, 5.74) is 2.52. The summed E-state index contributed by atoms with van der Waals surface area (Å²) in [4.78, 5) is 35.4. The van der Waals surface area contributed by atoms with Gasteiger partial charge >= 0.3 is 11.9 Å². The number of aldehydes is 1. The predicted molar refractivity (Wildman–Crippen MR) is 126 cm³/mol. The Morgan fingerprint density at radius 2 is 1.68 bits per heavy atom. The highest BCUT2D eigenvalue weighted by molar-refractivity contribution is 6.31. The lowest BCUT2D eigenvalue weighted by Crippen LogP contribution is -2.53. The van der Waals surface area contributed by atoms with Crippen LogP contribution in [0.2, 0.25) is 5.02 Å². The van der Waals surface area contributed by atoms with Crippen molar-refractivity contribution in [1.29, 1.82) is 0 Å². The average molecular weight is 489 g/mol. The van der Waals surface area contributed by atoms with Crippen LogP contribution in [-0.2, 0) is 35.0 Å². The molecule has 1 fully saturated rings. The van der Waals surface area contributed by atoms with Gasteiger partial charge in [-0.05, 0) is 48.2 Å². The normalized spacial score (nSPS) is 24.2. The van der Waals surface area contributed by atoms with Gasteiger partial charge in [0.05, 0.1) is 6.61 Å². The highest BCUT2D eigenvalue weighted by Crippen LogP contribution is 2.39. The summed E-state index contributed by atoms with van der Waals surface area (Å²) in [6, 6.07) is 13.1. The number of ether oxygens (including phenoxy) is 4. The van der Waals surface area contributed by atoms with Gasteiger partial charge in [0.1, 0.15) is 30.3 Å². The molecule has 0 amide bonds. The van der Waals surface area contributed by atoms with Crippen molar-refractivity contribution in [1.82, 2.24) is 0 Å². The van der Waals surface area contributed by atoms with E-state index in [9.17, 15) is 14.4 Å². The Bertz CT molecular complexity index is 1020. The zero-order valence-corrected chi connectivity index (χ0v) is 20.4. The fourth-order valence-corrected chi connectivity index (χ4v) is 4.32. The number of hydrogen-bond donors (Lipinski definition) is 0. The molecule has 1 heterocycles. The van der Waals surface area contributed by atoms with E-state index < -0.39 is 42.3 Å². The Balaban J connectivity index is 1.95. The molecule has 0 spiro atoms. The van der Waals surface area contributed by atoms with E-state index in [1.807, 2.05) is 37.3 Å². The predicted octanol–water partition coefficient (Wildman–Crippen LogP) is 4.47. The summed E-state index contributed by atoms with van der Waals surface area (Å²) >= 11 is 6.49. The van der Waals surface area contributed by atoms with E-state index in [-0.39, 0.29) is 0 Å². The van der Waals surface area contributed by atoms with Crippen molar-refractivity contribution in [3.63, 3.8) is 0 Å². The maximum atomic E-state index is 11.9. The zero-order chi connectivity index (χ0) is 24.8. The van der Waals surface area contributed by atoms with E-state index in [1.165, 1.54) is 13.8 Å². The molecule has 8 heteroatoms. The summed E-state index contributed by atoms with van der Waals surface area (Å²) in [6.45, 7) is 6.79. The Kier molecular flexibility index (Phi) is 8.69. The molecule has 1 aliphatic rings. The van der Waals surface area contributed by atoms with Gasteiger partial charge in [0, 0.05) is 24.8 Å². The van der Waals surface area contributed by atoms with Crippen LogP contribution >= 0.6 is 11.6 Å². The third-order valence-electron chi connectivity index (χ3n) is 5.73. The fourth-order valence-electron chi connectivity index (χ4n) is 4.14. The van der Waals surface area contributed by atoms with Crippen molar-refractivity contribution in [3.8, 4) is 5.75 Å². The molecule has 7 nitrogen and oxygen atoms in total. The summed E-state index contributed by atoms with van der Waals surface area (Å²) in [5.74, 6) is -0.795. The number of carbonyl (C=O) groups is 3. The van der Waals surface area contributed by atoms with Crippen LogP contribution in [-0.4, -0.2) is 43.1 Å². The van der Waals surface area contributed by atoms with Gasteiger partial charge in [-0.2, -0.15) is 0 Å². The molecule has 0 bridgehead atoms. The largest absolute Gasteiger partial charge is 0.494 e. The topological polar surface area (TPSA) is 88.1 Å². The second-order valence-corrected chi connectivity index (χ2v) is 8.68. The minimum Gasteiger partial charge on any atom is -0.494 e. The van der Waals surface area contributed by atoms with E-state index in [0.29, 0.717) is 29.9 Å². The van der Waals surface area contributed by atoms with Crippen molar-refractivity contribution in [2.75, 3.05) is 6.61 Å². The Labute approximate surface area is 204 Å². The van der Waals surface area contributed by atoms with Gasteiger partial charge in [-0.25, -0.2) is 0 Å². The van der Waals surface area contributed by atoms with Gasteiger partial charge in [-0.15, -0.1) is 0 Å². The fraction of sp³-hybridized carbons (Fsp3) is 0.423. The Morgan fingerprint density at radius 1 is 1.03 bits per heavy atom. The summed E-state index contributed by atoms with van der Waals surface area (Å²) in [6.07, 6.45) is -2.21. The van der Waals surface area contributed by atoms with Crippen LogP contribution < -0.4 is 4.74 Å². The first-order valence-corrected chi connectivity index (χ1v) is 11.6. The first-order valence-electron chi connectivity index (χ1n) is 11.2. The lowest BCUT2D eigenvalue weighted by molar-refractivity contribution is -0.220. The molecule has 3 rings (SSSR count). The molecule has 182 valence electrons. The second-order valence-electron chi connectivity index (χ2n) is 8.27. The highest BCUT2D eigenvalue weighted by atomic mass is 35.5. The molecule has 2 aromatic rings. The van der Waals surface area contributed by atoms with Crippen molar-refractivity contribution in [2.45, 2.75) is 58.5 Å². The second kappa shape index (κ2) is 11.5. The van der Waals surface area contributed by atoms with Gasteiger partial charge in [-0.1, -0.05) is 42.8 Å². The number of benzene rings is 2. The van der Waals surface area contributed by atoms with Crippen molar-refractivity contribution in [2.24, 2.45) is 5.92 Å². The molecule has 0 aliphatic carbocycles. The monoisotopic (exact) mass is 488 g/mol. The molecule has 2 aromatic carbocycles. The van der Waals surface area contributed by atoms with Crippen LogP contribution in [0.1, 0.15) is 50.5 Å². The minimum absolute atomic E-state index is 0.502. The third kappa shape index (κ3) is 6.15. The standard InChI is InChI=1S/C26H29ClO7/c1-5-31-21-9-6-18(7-10-21)12-20-13-19(8-11-22(20)27)25-26(33-17(4)30)24(32-16(3)29)15(2)23(14-28)34-25/h6-11,13-15,23-26H,5,12H2,1-4H3/t15-,23-,24+,25+,26-/m1/s1. The van der Waals surface area contributed by atoms with Crippen LogP contribution in [0.3, 0.4) is 0 Å². The molecule has 1 aliphatic heterocycles. The lowest BCUT2D eigenvalue weighted by atomic mass is 9.85. The summed E-state index contributed by atoms with van der Waals surface area (Å²) < 4.78 is 22.6. The lowest BCUT2D eigenvalue weighted by Gasteiger charge is -2.43. The third-order valence-corrected chi connectivity index (χ3v) is 6.10. The maximum Gasteiger partial charge on any atom is 0.303 e. The number of rotatable bonds is 8. The summed E-state index contributed by atoms with van der Waals surface area (Å²) in [7, 11) is 0. The molecule has 0 N–H and O–H groups in total.